The van der Waals surface area contributed by atoms with Gasteiger partial charge in [0.2, 0.25) is 0 Å². The maximum atomic E-state index is 16.8. The molecule has 1 saturated heterocycles. The number of alkyl halides is 1. The Morgan fingerprint density at radius 1 is 1.06 bits per heavy atom. The Morgan fingerprint density at radius 3 is 2.21 bits per heavy atom. The molecule has 11 heteroatoms. The smallest absolute Gasteiger partial charge is 0.192 e. The number of nitrogen functional groups attached to an aromatic ring is 1. The molecule has 2 aromatic heterocycles. The highest BCUT2D eigenvalue weighted by molar-refractivity contribution is 6.74. The molecule has 3 rings (SSSR count). The SMILES string of the molecule is CC(C)(C)[Si](C)(C)OC[C@H]1O[C@@H](n2cnc3c(N)ncnc32)[C@](C)(F)[C@@H]1O[Si](C)(C)C(C)(C)C. The normalized spacial score (nSPS) is 27.0. The number of ether oxygens (including phenoxy) is 1. The fraction of sp³-hybridized carbons (Fsp3) is 0.783. The molecule has 0 radical (unpaired) electrons. The van der Waals surface area contributed by atoms with Crippen molar-refractivity contribution < 1.29 is 18.0 Å². The van der Waals surface area contributed by atoms with Crippen molar-refractivity contribution in [3.8, 4) is 0 Å². The van der Waals surface area contributed by atoms with E-state index >= 15 is 4.39 Å². The zero-order valence-electron chi connectivity index (χ0n) is 22.6. The third kappa shape index (κ3) is 4.82. The van der Waals surface area contributed by atoms with E-state index in [4.69, 9.17) is 19.3 Å². The molecular weight excluding hydrogens is 469 g/mol. The molecule has 0 aliphatic carbocycles. The molecule has 192 valence electrons. The van der Waals surface area contributed by atoms with Gasteiger partial charge in [0, 0.05) is 0 Å². The van der Waals surface area contributed by atoms with Gasteiger partial charge in [-0.2, -0.15) is 0 Å². The molecule has 1 aliphatic rings. The van der Waals surface area contributed by atoms with Gasteiger partial charge in [-0.3, -0.25) is 4.57 Å². The summed E-state index contributed by atoms with van der Waals surface area (Å²) in [7, 11) is -4.41. The number of anilines is 1. The van der Waals surface area contributed by atoms with Crippen molar-refractivity contribution in [2.75, 3.05) is 12.3 Å². The summed E-state index contributed by atoms with van der Waals surface area (Å²) in [5.41, 5.74) is 4.96. The number of rotatable bonds is 6. The van der Waals surface area contributed by atoms with Gasteiger partial charge in [-0.05, 0) is 43.2 Å². The Bertz CT molecular complexity index is 1030. The zero-order chi connectivity index (χ0) is 25.9. The highest BCUT2D eigenvalue weighted by Gasteiger charge is 2.59. The van der Waals surface area contributed by atoms with Crippen LogP contribution in [0, 0.1) is 0 Å². The van der Waals surface area contributed by atoms with Crippen molar-refractivity contribution in [3.05, 3.63) is 12.7 Å². The van der Waals surface area contributed by atoms with E-state index in [0.29, 0.717) is 11.2 Å². The number of fused-ring (bicyclic) bond motifs is 1. The second kappa shape index (κ2) is 8.61. The van der Waals surface area contributed by atoms with E-state index in [1.165, 1.54) is 19.6 Å². The summed E-state index contributed by atoms with van der Waals surface area (Å²) in [6, 6.07) is 0. The average molecular weight is 512 g/mol. The maximum Gasteiger partial charge on any atom is 0.192 e. The Labute approximate surface area is 205 Å². The lowest BCUT2D eigenvalue weighted by molar-refractivity contribution is -0.0551. The summed E-state index contributed by atoms with van der Waals surface area (Å²) in [6.07, 6.45) is 0.481. The van der Waals surface area contributed by atoms with Crippen molar-refractivity contribution in [1.82, 2.24) is 19.5 Å². The second-order valence-corrected chi connectivity index (χ2v) is 22.2. The lowest BCUT2D eigenvalue weighted by atomic mass is 9.98. The molecule has 2 aromatic rings. The zero-order valence-corrected chi connectivity index (χ0v) is 24.6. The Balaban J connectivity index is 2.01. The summed E-state index contributed by atoms with van der Waals surface area (Å²) in [5, 5.41) is -0.0653. The molecule has 0 amide bonds. The molecular formula is C23H42FN5O3Si2. The van der Waals surface area contributed by atoms with Crippen LogP contribution in [-0.4, -0.2) is 60.6 Å². The number of nitrogens with zero attached hydrogens (tertiary/aromatic N) is 4. The van der Waals surface area contributed by atoms with E-state index in [1.807, 2.05) is 0 Å². The van der Waals surface area contributed by atoms with Gasteiger partial charge in [0.05, 0.1) is 12.9 Å². The molecule has 1 fully saturated rings. The standard InChI is InChI=1S/C23H42FN5O3Si2/c1-21(2,3)33(8,9)30-12-15-17(32-34(10,11)22(4,5)6)23(7,24)20(31-15)29-14-28-16-18(25)26-13-27-19(16)29/h13-15,17,20H,12H2,1-11H3,(H2,25,26,27)/t15-,17-,20-,23-/m1/s1. The minimum absolute atomic E-state index is 0.0226. The third-order valence-corrected chi connectivity index (χ3v) is 16.9. The molecule has 34 heavy (non-hydrogen) atoms. The van der Waals surface area contributed by atoms with Gasteiger partial charge in [-0.25, -0.2) is 19.3 Å². The van der Waals surface area contributed by atoms with E-state index in [0.717, 1.165) is 0 Å². The van der Waals surface area contributed by atoms with Crippen LogP contribution in [0.5, 0.6) is 0 Å². The van der Waals surface area contributed by atoms with Crippen molar-refractivity contribution in [1.29, 1.82) is 0 Å². The fourth-order valence-electron chi connectivity index (χ4n) is 3.57. The summed E-state index contributed by atoms with van der Waals surface area (Å²) in [5.74, 6) is 0.245. The highest BCUT2D eigenvalue weighted by atomic mass is 28.4. The summed E-state index contributed by atoms with van der Waals surface area (Å²) in [6.45, 7) is 23.4. The number of halogens is 1. The molecule has 1 aliphatic heterocycles. The van der Waals surface area contributed by atoms with Gasteiger partial charge in [0.25, 0.3) is 0 Å². The molecule has 8 nitrogen and oxygen atoms in total. The van der Waals surface area contributed by atoms with Crippen molar-refractivity contribution in [3.63, 3.8) is 0 Å². The van der Waals surface area contributed by atoms with E-state index < -0.39 is 40.7 Å². The summed E-state index contributed by atoms with van der Waals surface area (Å²) < 4.78 is 37.9. The van der Waals surface area contributed by atoms with Crippen LogP contribution in [-0.2, 0) is 13.6 Å². The van der Waals surface area contributed by atoms with E-state index in [1.54, 1.807) is 4.57 Å². The van der Waals surface area contributed by atoms with E-state index in [9.17, 15) is 0 Å². The monoisotopic (exact) mass is 511 g/mol. The van der Waals surface area contributed by atoms with Crippen LogP contribution in [0.1, 0.15) is 54.7 Å². The molecule has 0 bridgehead atoms. The molecule has 0 spiro atoms. The Kier molecular flexibility index (Phi) is 6.89. The number of nitrogens with two attached hydrogens (primary N) is 1. The van der Waals surface area contributed by atoms with Crippen LogP contribution < -0.4 is 5.73 Å². The van der Waals surface area contributed by atoms with Gasteiger partial charge in [0.1, 0.15) is 24.1 Å². The third-order valence-electron chi connectivity index (χ3n) is 7.96. The number of imidazole rings is 1. The largest absolute Gasteiger partial charge is 0.414 e. The lowest BCUT2D eigenvalue weighted by Crippen LogP contribution is -2.53. The quantitative estimate of drug-likeness (QED) is 0.515. The van der Waals surface area contributed by atoms with Gasteiger partial charge >= 0.3 is 0 Å². The van der Waals surface area contributed by atoms with Crippen LogP contribution in [0.25, 0.3) is 11.2 Å². The first kappa shape index (κ1) is 27.2. The van der Waals surface area contributed by atoms with E-state index in [2.05, 4.69) is 82.7 Å². The molecule has 0 unspecified atom stereocenters. The van der Waals surface area contributed by atoms with Crippen LogP contribution in [0.15, 0.2) is 12.7 Å². The number of aromatic nitrogens is 4. The number of hydrogen-bond donors (Lipinski definition) is 1. The van der Waals surface area contributed by atoms with Gasteiger partial charge in [-0.15, -0.1) is 0 Å². The molecule has 0 saturated carbocycles. The number of hydrogen-bond acceptors (Lipinski definition) is 7. The van der Waals surface area contributed by atoms with Crippen LogP contribution in [0.2, 0.25) is 36.3 Å². The predicted octanol–water partition coefficient (Wildman–Crippen LogP) is 5.45. The van der Waals surface area contributed by atoms with Crippen molar-refractivity contribution in [2.45, 2.75) is 109 Å². The Hall–Kier alpha value is -1.41. The lowest BCUT2D eigenvalue weighted by Gasteiger charge is -2.42. The fourth-order valence-corrected chi connectivity index (χ4v) is 5.96. The van der Waals surface area contributed by atoms with Crippen LogP contribution in [0.4, 0.5) is 10.2 Å². The maximum absolute atomic E-state index is 16.8. The molecule has 0 aromatic carbocycles. The van der Waals surface area contributed by atoms with E-state index in [-0.39, 0.29) is 22.5 Å². The first-order chi connectivity index (χ1) is 15.3. The Morgan fingerprint density at radius 2 is 1.65 bits per heavy atom. The summed E-state index contributed by atoms with van der Waals surface area (Å²) >= 11 is 0. The van der Waals surface area contributed by atoms with Gasteiger partial charge in [0.15, 0.2) is 40.0 Å². The first-order valence-corrected chi connectivity index (χ1v) is 17.7. The molecule has 3 heterocycles. The van der Waals surface area contributed by atoms with Crippen LogP contribution in [0.3, 0.4) is 0 Å². The van der Waals surface area contributed by atoms with Crippen molar-refractivity contribution in [2.24, 2.45) is 0 Å². The minimum Gasteiger partial charge on any atom is -0.414 e. The van der Waals surface area contributed by atoms with Crippen molar-refractivity contribution >= 4 is 33.6 Å². The average Bonchev–Trinajstić information content (AvgIpc) is 3.18. The van der Waals surface area contributed by atoms with Gasteiger partial charge in [-0.1, -0.05) is 41.5 Å². The topological polar surface area (TPSA) is 97.3 Å². The predicted molar refractivity (Wildman–Crippen MR) is 138 cm³/mol. The highest BCUT2D eigenvalue weighted by Crippen LogP contribution is 2.48. The van der Waals surface area contributed by atoms with Gasteiger partial charge < -0.3 is 19.3 Å². The molecule has 2 N–H and O–H groups in total. The minimum atomic E-state index is -2.32. The van der Waals surface area contributed by atoms with Crippen LogP contribution >= 0.6 is 0 Å². The second-order valence-electron chi connectivity index (χ2n) is 12.6. The molecule has 4 atom stereocenters. The summed E-state index contributed by atoms with van der Waals surface area (Å²) in [4.78, 5) is 12.6. The first-order valence-electron chi connectivity index (χ1n) is 11.9.